The Hall–Kier alpha value is -3.42. The first-order valence-corrected chi connectivity index (χ1v) is 10.8. The molecule has 30 heavy (non-hydrogen) atoms. The molecule has 0 saturated heterocycles. The quantitative estimate of drug-likeness (QED) is 0.338. The second-order valence-corrected chi connectivity index (χ2v) is 8.20. The summed E-state index contributed by atoms with van der Waals surface area (Å²) in [5.74, 6) is 0. The zero-order valence-electron chi connectivity index (χ0n) is 16.6. The molecule has 2 heterocycles. The van der Waals surface area contributed by atoms with E-state index in [9.17, 15) is 4.79 Å². The van der Waals surface area contributed by atoms with Gasteiger partial charge in [0.2, 0.25) is 0 Å². The van der Waals surface area contributed by atoms with Crippen LogP contribution in [0.1, 0.15) is 18.9 Å². The van der Waals surface area contributed by atoms with Crippen molar-refractivity contribution in [2.24, 2.45) is 0 Å². The molecule has 1 aliphatic rings. The van der Waals surface area contributed by atoms with Gasteiger partial charge >= 0.3 is 5.69 Å². The van der Waals surface area contributed by atoms with Gasteiger partial charge in [-0.1, -0.05) is 60.3 Å². The largest absolute Gasteiger partial charge is 0.333 e. The highest BCUT2D eigenvalue weighted by molar-refractivity contribution is 7.99. The second kappa shape index (κ2) is 7.78. The zero-order chi connectivity index (χ0) is 20.5. The highest BCUT2D eigenvalue weighted by Crippen LogP contribution is 2.41. The van der Waals surface area contributed by atoms with Crippen molar-refractivity contribution in [1.29, 1.82) is 0 Å². The Morgan fingerprint density at radius 3 is 2.77 bits per heavy atom. The van der Waals surface area contributed by atoms with Crippen molar-refractivity contribution in [2.75, 3.05) is 0 Å². The van der Waals surface area contributed by atoms with Crippen LogP contribution in [0.4, 0.5) is 0 Å². The van der Waals surface area contributed by atoms with Crippen LogP contribution in [0, 0.1) is 12.1 Å². The van der Waals surface area contributed by atoms with Gasteiger partial charge in [-0.2, -0.15) is 0 Å². The Balaban J connectivity index is 1.47. The van der Waals surface area contributed by atoms with Crippen LogP contribution in [0.5, 0.6) is 0 Å². The van der Waals surface area contributed by atoms with Gasteiger partial charge in [-0.3, -0.25) is 9.13 Å². The van der Waals surface area contributed by atoms with E-state index in [1.54, 1.807) is 11.8 Å². The summed E-state index contributed by atoms with van der Waals surface area (Å²) < 4.78 is 3.76. The van der Waals surface area contributed by atoms with E-state index in [1.807, 2.05) is 64.6 Å². The van der Waals surface area contributed by atoms with Gasteiger partial charge in [-0.15, -0.1) is 0 Å². The molecule has 1 aromatic heterocycles. The summed E-state index contributed by atoms with van der Waals surface area (Å²) in [5, 5.41) is 0. The third kappa shape index (κ3) is 3.08. The Morgan fingerprint density at radius 1 is 1.07 bits per heavy atom. The van der Waals surface area contributed by atoms with Crippen molar-refractivity contribution in [2.45, 2.75) is 29.7 Å². The molecule has 0 spiro atoms. The minimum absolute atomic E-state index is 0.0260. The van der Waals surface area contributed by atoms with Crippen LogP contribution in [0.25, 0.3) is 22.3 Å². The third-order valence-corrected chi connectivity index (χ3v) is 6.47. The van der Waals surface area contributed by atoms with Crippen LogP contribution in [0.3, 0.4) is 0 Å². The van der Waals surface area contributed by atoms with Gasteiger partial charge in [0, 0.05) is 16.3 Å². The van der Waals surface area contributed by atoms with Crippen molar-refractivity contribution in [1.82, 2.24) is 9.13 Å². The number of nitrogens with zero attached hydrogens (tertiary/aromatic N) is 2. The number of rotatable bonds is 5. The predicted octanol–water partition coefficient (Wildman–Crippen LogP) is 5.91. The Labute approximate surface area is 180 Å². The van der Waals surface area contributed by atoms with E-state index in [0.717, 1.165) is 44.1 Å². The normalized spacial score (nSPS) is 12.9. The Bertz CT molecular complexity index is 1340. The molecule has 0 N–H and O–H groups in total. The molecular formula is C26H20N2OS. The van der Waals surface area contributed by atoms with Gasteiger partial charge in [0.25, 0.3) is 0 Å². The standard InChI is InChI=1S/C26H20N2OS/c1-2-19(20-12-4-3-5-13-20)11-8-9-18-27-22-15-10-17-24-25(22)28(26(27)29)21-14-6-7-16-23(21)30-24/h2,4,6-8,10-17H,9,18H2,1H3/b11-8-,19-2+. The number of hydrogen-bond donors (Lipinski definition) is 0. The first-order valence-electron chi connectivity index (χ1n) is 10.0. The predicted molar refractivity (Wildman–Crippen MR) is 123 cm³/mol. The lowest BCUT2D eigenvalue weighted by Gasteiger charge is -2.16. The van der Waals surface area contributed by atoms with Gasteiger partial charge < -0.3 is 0 Å². The molecule has 0 amide bonds. The average molecular weight is 409 g/mol. The molecule has 3 nitrogen and oxygen atoms in total. The topological polar surface area (TPSA) is 26.9 Å². The molecule has 3 aromatic carbocycles. The van der Waals surface area contributed by atoms with Gasteiger partial charge in [-0.05, 0) is 66.9 Å². The molecule has 1 aliphatic heterocycles. The van der Waals surface area contributed by atoms with Crippen LogP contribution in [0.15, 0.2) is 93.5 Å². The molecule has 146 valence electrons. The van der Waals surface area contributed by atoms with Crippen molar-refractivity contribution >= 4 is 28.4 Å². The van der Waals surface area contributed by atoms with Crippen molar-refractivity contribution < 1.29 is 0 Å². The van der Waals surface area contributed by atoms with Crippen molar-refractivity contribution in [3.8, 4) is 5.69 Å². The summed E-state index contributed by atoms with van der Waals surface area (Å²) in [6.07, 6.45) is 7.11. The Morgan fingerprint density at radius 2 is 1.93 bits per heavy atom. The molecule has 0 unspecified atom stereocenters. The molecule has 0 radical (unpaired) electrons. The summed E-state index contributed by atoms with van der Waals surface area (Å²) >= 11 is 1.73. The number of aromatic nitrogens is 2. The number of allylic oxidation sites excluding steroid dienone is 4. The maximum Gasteiger partial charge on any atom is 0.333 e. The summed E-state index contributed by atoms with van der Waals surface area (Å²) in [4.78, 5) is 15.6. The van der Waals surface area contributed by atoms with E-state index in [2.05, 4.69) is 42.5 Å². The van der Waals surface area contributed by atoms with Crippen LogP contribution < -0.4 is 5.69 Å². The van der Waals surface area contributed by atoms with E-state index >= 15 is 0 Å². The lowest BCUT2D eigenvalue weighted by Crippen LogP contribution is -2.24. The van der Waals surface area contributed by atoms with Gasteiger partial charge in [0.15, 0.2) is 0 Å². The van der Waals surface area contributed by atoms with Crippen LogP contribution in [0.2, 0.25) is 0 Å². The molecule has 0 aliphatic carbocycles. The first kappa shape index (κ1) is 18.6. The SMILES string of the molecule is C/C=C(\C=C/CCn1c(=O)n2c3c(cccc31)Sc1ccccc1-2)c1cc#ccc1. The fraction of sp³-hybridized carbons (Fsp3) is 0.115. The Kier molecular flexibility index (Phi) is 4.82. The number of aryl methyl sites for hydroxylation is 1. The maximum absolute atomic E-state index is 13.3. The third-order valence-electron chi connectivity index (χ3n) is 5.36. The van der Waals surface area contributed by atoms with E-state index in [-0.39, 0.29) is 5.69 Å². The lowest BCUT2D eigenvalue weighted by molar-refractivity contribution is 0.689. The van der Waals surface area contributed by atoms with Crippen molar-refractivity contribution in [3.63, 3.8) is 0 Å². The molecule has 5 rings (SSSR count). The number of fused-ring (bicyclic) bond motifs is 2. The fourth-order valence-corrected chi connectivity index (χ4v) is 5.03. The maximum atomic E-state index is 13.3. The van der Waals surface area contributed by atoms with E-state index in [0.29, 0.717) is 6.54 Å². The molecule has 0 saturated carbocycles. The lowest BCUT2D eigenvalue weighted by atomic mass is 10.1. The van der Waals surface area contributed by atoms with Crippen molar-refractivity contribution in [3.05, 3.63) is 107 Å². The van der Waals surface area contributed by atoms with Crippen LogP contribution in [-0.2, 0) is 6.54 Å². The smallest absolute Gasteiger partial charge is 0.291 e. The number of hydrogen-bond acceptors (Lipinski definition) is 2. The second-order valence-electron chi connectivity index (χ2n) is 7.12. The highest BCUT2D eigenvalue weighted by Gasteiger charge is 2.23. The molecule has 0 fully saturated rings. The summed E-state index contributed by atoms with van der Waals surface area (Å²) in [5.41, 5.74) is 5.26. The van der Waals surface area contributed by atoms with E-state index in [1.165, 1.54) is 0 Å². The van der Waals surface area contributed by atoms with Gasteiger partial charge in [-0.25, -0.2) is 4.79 Å². The van der Waals surface area contributed by atoms with Crippen LogP contribution >= 0.6 is 11.8 Å². The zero-order valence-corrected chi connectivity index (χ0v) is 17.4. The monoisotopic (exact) mass is 408 g/mol. The first-order chi connectivity index (χ1) is 14.8. The van der Waals surface area contributed by atoms with Gasteiger partial charge in [0.05, 0.1) is 16.7 Å². The average Bonchev–Trinajstić information content (AvgIpc) is 3.08. The van der Waals surface area contributed by atoms with Gasteiger partial charge in [0.1, 0.15) is 0 Å². The molecule has 4 heteroatoms. The molecular weight excluding hydrogens is 388 g/mol. The number of para-hydroxylation sites is 2. The summed E-state index contributed by atoms with van der Waals surface area (Å²) in [7, 11) is 0. The summed E-state index contributed by atoms with van der Waals surface area (Å²) in [6.45, 7) is 2.67. The molecule has 0 atom stereocenters. The fourth-order valence-electron chi connectivity index (χ4n) is 3.94. The number of benzene rings is 2. The minimum Gasteiger partial charge on any atom is -0.291 e. The summed E-state index contributed by atoms with van der Waals surface area (Å²) in [6, 6.07) is 26.0. The minimum atomic E-state index is 0.0260. The molecule has 4 aromatic rings. The van der Waals surface area contributed by atoms with Crippen LogP contribution in [-0.4, -0.2) is 9.13 Å². The van der Waals surface area contributed by atoms with E-state index in [4.69, 9.17) is 0 Å². The van der Waals surface area contributed by atoms with E-state index < -0.39 is 0 Å². The molecule has 0 bridgehead atoms. The number of imidazole rings is 1. The highest BCUT2D eigenvalue weighted by atomic mass is 32.2.